The van der Waals surface area contributed by atoms with Crippen molar-refractivity contribution < 1.29 is 9.59 Å². The van der Waals surface area contributed by atoms with Crippen LogP contribution in [0.3, 0.4) is 0 Å². The number of amides is 3. The van der Waals surface area contributed by atoms with Gasteiger partial charge in [0.1, 0.15) is 0 Å². The fraction of sp³-hybridized carbons (Fsp3) is 0.263. The zero-order valence-electron chi connectivity index (χ0n) is 14.5. The van der Waals surface area contributed by atoms with Crippen LogP contribution in [0.4, 0.5) is 10.5 Å². The van der Waals surface area contributed by atoms with E-state index in [4.69, 9.17) is 11.6 Å². The van der Waals surface area contributed by atoms with Gasteiger partial charge in [0, 0.05) is 16.8 Å². The fourth-order valence-electron chi connectivity index (χ4n) is 2.42. The first-order valence-electron chi connectivity index (χ1n) is 8.02. The molecule has 0 aliphatic heterocycles. The Morgan fingerprint density at radius 2 is 1.88 bits per heavy atom. The van der Waals surface area contributed by atoms with Gasteiger partial charge in [0.15, 0.2) is 0 Å². The monoisotopic (exact) mass is 359 g/mol. The summed E-state index contributed by atoms with van der Waals surface area (Å²) in [5.41, 5.74) is 3.70. The molecule has 3 amide bonds. The normalized spacial score (nSPS) is 11.7. The van der Waals surface area contributed by atoms with Crippen LogP contribution in [-0.4, -0.2) is 18.5 Å². The maximum atomic E-state index is 11.9. The molecule has 0 fully saturated rings. The molecule has 0 aliphatic rings. The molecule has 6 heteroatoms. The Labute approximate surface area is 152 Å². The standard InChI is InChI=1S/C19H22ClN3O2/c1-12-7-8-17(13(2)9-12)22-19(25)23-18(24)11-21-14(3)15-5-4-6-16(20)10-15/h4-10,14,21H,11H2,1-3H3,(H2,22,23,24,25)/t14-/m1/s1. The highest BCUT2D eigenvalue weighted by atomic mass is 35.5. The van der Waals surface area contributed by atoms with E-state index < -0.39 is 11.9 Å². The quantitative estimate of drug-likeness (QED) is 0.756. The molecule has 2 rings (SSSR count). The number of urea groups is 1. The Morgan fingerprint density at radius 1 is 1.12 bits per heavy atom. The van der Waals surface area contributed by atoms with Crippen molar-refractivity contribution in [3.63, 3.8) is 0 Å². The van der Waals surface area contributed by atoms with Crippen molar-refractivity contribution in [2.24, 2.45) is 0 Å². The summed E-state index contributed by atoms with van der Waals surface area (Å²) in [5, 5.41) is 8.70. The first kappa shape index (κ1) is 19.0. The highest BCUT2D eigenvalue weighted by Gasteiger charge is 2.11. The summed E-state index contributed by atoms with van der Waals surface area (Å²) in [7, 11) is 0. The van der Waals surface area contributed by atoms with E-state index >= 15 is 0 Å². The van der Waals surface area contributed by atoms with Crippen LogP contribution in [0.5, 0.6) is 0 Å². The third-order valence-electron chi connectivity index (χ3n) is 3.80. The maximum Gasteiger partial charge on any atom is 0.325 e. The first-order chi connectivity index (χ1) is 11.8. The van der Waals surface area contributed by atoms with Gasteiger partial charge in [0.05, 0.1) is 6.54 Å². The molecular formula is C19H22ClN3O2. The number of anilines is 1. The number of nitrogens with one attached hydrogen (secondary N) is 3. The predicted octanol–water partition coefficient (Wildman–Crippen LogP) is 3.96. The number of carbonyl (C=O) groups is 2. The fourth-order valence-corrected chi connectivity index (χ4v) is 2.62. The van der Waals surface area contributed by atoms with E-state index in [1.165, 1.54) is 0 Å². The highest BCUT2D eigenvalue weighted by molar-refractivity contribution is 6.30. The Kier molecular flexibility index (Phi) is 6.56. The minimum Gasteiger partial charge on any atom is -0.307 e. The molecule has 1 atom stereocenters. The molecule has 0 unspecified atom stereocenters. The number of imide groups is 1. The summed E-state index contributed by atoms with van der Waals surface area (Å²) in [6, 6.07) is 12.5. The zero-order chi connectivity index (χ0) is 18.4. The van der Waals surface area contributed by atoms with Gasteiger partial charge in [-0.15, -0.1) is 0 Å². The lowest BCUT2D eigenvalue weighted by molar-refractivity contribution is -0.119. The number of benzene rings is 2. The highest BCUT2D eigenvalue weighted by Crippen LogP contribution is 2.17. The van der Waals surface area contributed by atoms with Crippen LogP contribution in [0.2, 0.25) is 5.02 Å². The molecule has 2 aromatic carbocycles. The molecule has 132 valence electrons. The smallest absolute Gasteiger partial charge is 0.307 e. The van der Waals surface area contributed by atoms with Crippen LogP contribution in [0.25, 0.3) is 0 Å². The van der Waals surface area contributed by atoms with Gasteiger partial charge in [-0.3, -0.25) is 10.1 Å². The predicted molar refractivity (Wildman–Crippen MR) is 101 cm³/mol. The third-order valence-corrected chi connectivity index (χ3v) is 4.04. The number of hydrogen-bond acceptors (Lipinski definition) is 3. The summed E-state index contributed by atoms with van der Waals surface area (Å²) in [6.45, 7) is 5.83. The van der Waals surface area contributed by atoms with Crippen LogP contribution >= 0.6 is 11.6 Å². The summed E-state index contributed by atoms with van der Waals surface area (Å²) in [6.07, 6.45) is 0. The van der Waals surface area contributed by atoms with Crippen molar-refractivity contribution in [1.29, 1.82) is 0 Å². The summed E-state index contributed by atoms with van der Waals surface area (Å²) in [5.74, 6) is -0.406. The SMILES string of the molecule is Cc1ccc(NC(=O)NC(=O)CN[C@H](C)c2cccc(Cl)c2)c(C)c1. The van der Waals surface area contributed by atoms with Crippen molar-refractivity contribution in [2.75, 3.05) is 11.9 Å². The van der Waals surface area contributed by atoms with Gasteiger partial charge in [-0.25, -0.2) is 4.79 Å². The van der Waals surface area contributed by atoms with Crippen molar-refractivity contribution in [2.45, 2.75) is 26.8 Å². The Hall–Kier alpha value is -2.37. The molecule has 0 saturated carbocycles. The number of carbonyl (C=O) groups excluding carboxylic acids is 2. The molecule has 2 aromatic rings. The largest absolute Gasteiger partial charge is 0.325 e. The van der Waals surface area contributed by atoms with E-state index in [1.54, 1.807) is 6.07 Å². The second-order valence-corrected chi connectivity index (χ2v) is 6.41. The average molecular weight is 360 g/mol. The second kappa shape index (κ2) is 8.65. The van der Waals surface area contributed by atoms with Crippen LogP contribution in [-0.2, 0) is 4.79 Å². The van der Waals surface area contributed by atoms with E-state index in [1.807, 2.05) is 57.2 Å². The molecule has 0 bridgehead atoms. The molecule has 0 aromatic heterocycles. The lowest BCUT2D eigenvalue weighted by Gasteiger charge is -2.14. The molecule has 25 heavy (non-hydrogen) atoms. The minimum absolute atomic E-state index is 0.0218. The minimum atomic E-state index is -0.547. The van der Waals surface area contributed by atoms with Crippen molar-refractivity contribution in [3.8, 4) is 0 Å². The van der Waals surface area contributed by atoms with E-state index in [0.29, 0.717) is 10.7 Å². The Balaban J connectivity index is 1.82. The summed E-state index contributed by atoms with van der Waals surface area (Å²) < 4.78 is 0. The number of rotatable bonds is 5. The van der Waals surface area contributed by atoms with Gasteiger partial charge < -0.3 is 10.6 Å². The van der Waals surface area contributed by atoms with E-state index in [2.05, 4.69) is 16.0 Å². The van der Waals surface area contributed by atoms with Gasteiger partial charge in [-0.1, -0.05) is 41.4 Å². The van der Waals surface area contributed by atoms with E-state index in [9.17, 15) is 9.59 Å². The van der Waals surface area contributed by atoms with Crippen molar-refractivity contribution in [1.82, 2.24) is 10.6 Å². The Bertz CT molecular complexity index is 777. The van der Waals surface area contributed by atoms with Gasteiger partial charge in [-0.2, -0.15) is 0 Å². The average Bonchev–Trinajstić information content (AvgIpc) is 2.55. The summed E-state index contributed by atoms with van der Waals surface area (Å²) >= 11 is 5.96. The number of aryl methyl sites for hydroxylation is 2. The molecule has 0 heterocycles. The molecular weight excluding hydrogens is 338 g/mol. The van der Waals surface area contributed by atoms with Crippen LogP contribution < -0.4 is 16.0 Å². The molecule has 5 nitrogen and oxygen atoms in total. The maximum absolute atomic E-state index is 11.9. The summed E-state index contributed by atoms with van der Waals surface area (Å²) in [4.78, 5) is 23.9. The Morgan fingerprint density at radius 3 is 2.56 bits per heavy atom. The number of halogens is 1. The molecule has 0 saturated heterocycles. The first-order valence-corrected chi connectivity index (χ1v) is 8.40. The lowest BCUT2D eigenvalue weighted by Crippen LogP contribution is -2.40. The molecule has 0 radical (unpaired) electrons. The van der Waals surface area contributed by atoms with E-state index in [0.717, 1.165) is 16.7 Å². The number of hydrogen-bond donors (Lipinski definition) is 3. The van der Waals surface area contributed by atoms with Crippen LogP contribution in [0.1, 0.15) is 29.7 Å². The molecule has 0 spiro atoms. The third kappa shape index (κ3) is 5.89. The van der Waals surface area contributed by atoms with Gasteiger partial charge in [0.2, 0.25) is 5.91 Å². The van der Waals surface area contributed by atoms with Gasteiger partial charge >= 0.3 is 6.03 Å². The van der Waals surface area contributed by atoms with Crippen molar-refractivity contribution >= 4 is 29.2 Å². The second-order valence-electron chi connectivity index (χ2n) is 5.98. The van der Waals surface area contributed by atoms with Crippen molar-refractivity contribution in [3.05, 3.63) is 64.2 Å². The van der Waals surface area contributed by atoms with Gasteiger partial charge in [0.25, 0.3) is 0 Å². The molecule has 3 N–H and O–H groups in total. The topological polar surface area (TPSA) is 70.2 Å². The lowest BCUT2D eigenvalue weighted by atomic mass is 10.1. The van der Waals surface area contributed by atoms with Gasteiger partial charge in [-0.05, 0) is 50.1 Å². The van der Waals surface area contributed by atoms with E-state index in [-0.39, 0.29) is 12.6 Å². The van der Waals surface area contributed by atoms with Crippen LogP contribution in [0, 0.1) is 13.8 Å². The molecule has 0 aliphatic carbocycles. The zero-order valence-corrected chi connectivity index (χ0v) is 15.3. The van der Waals surface area contributed by atoms with Crippen LogP contribution in [0.15, 0.2) is 42.5 Å².